The van der Waals surface area contributed by atoms with Gasteiger partial charge in [-0.05, 0) is 12.3 Å². The van der Waals surface area contributed by atoms with Crippen molar-refractivity contribution in [2.75, 3.05) is 13.1 Å². The molecule has 56 valence electrons. The highest BCUT2D eigenvalue weighted by atomic mass is 16.1. The molecule has 2 aliphatic heterocycles. The zero-order chi connectivity index (χ0) is 6.97. The van der Waals surface area contributed by atoms with Gasteiger partial charge in [-0.2, -0.15) is 0 Å². The quantitative estimate of drug-likeness (QED) is 0.475. The van der Waals surface area contributed by atoms with Crippen molar-refractivity contribution in [1.29, 1.82) is 0 Å². The first kappa shape index (κ1) is 6.16. The summed E-state index contributed by atoms with van der Waals surface area (Å²) < 4.78 is 0. The normalized spacial score (nSPS) is 39.0. The molecule has 0 saturated carbocycles. The second-order valence-corrected chi connectivity index (χ2v) is 3.13. The molecule has 0 unspecified atom stereocenters. The Morgan fingerprint density at radius 1 is 1.40 bits per heavy atom. The summed E-state index contributed by atoms with van der Waals surface area (Å²) >= 11 is 0. The van der Waals surface area contributed by atoms with Gasteiger partial charge in [0.15, 0.2) is 0 Å². The van der Waals surface area contributed by atoms with E-state index in [-0.39, 0.29) is 5.91 Å². The second kappa shape index (κ2) is 2.23. The van der Waals surface area contributed by atoms with Crippen molar-refractivity contribution < 1.29 is 4.79 Å². The minimum Gasteiger partial charge on any atom is -0.352 e. The van der Waals surface area contributed by atoms with Crippen LogP contribution >= 0.6 is 0 Å². The van der Waals surface area contributed by atoms with E-state index < -0.39 is 0 Å². The summed E-state index contributed by atoms with van der Waals surface area (Å²) in [6.45, 7) is 2.06. The van der Waals surface area contributed by atoms with Crippen molar-refractivity contribution in [3.8, 4) is 0 Å². The maximum absolute atomic E-state index is 10.9. The number of fused-ring (bicyclic) bond motifs is 1. The van der Waals surface area contributed by atoms with Gasteiger partial charge in [-0.1, -0.05) is 0 Å². The number of nitrogens with one attached hydrogen (secondary N) is 2. The Labute approximate surface area is 60.2 Å². The third kappa shape index (κ3) is 0.904. The molecule has 2 aliphatic rings. The second-order valence-electron chi connectivity index (χ2n) is 3.13. The van der Waals surface area contributed by atoms with E-state index in [1.165, 1.54) is 0 Å². The van der Waals surface area contributed by atoms with Crippen molar-refractivity contribution >= 4 is 5.91 Å². The molecule has 0 spiro atoms. The lowest BCUT2D eigenvalue weighted by molar-refractivity contribution is -0.123. The number of carbonyl (C=O) groups excluding carboxylic acids is 1. The van der Waals surface area contributed by atoms with Gasteiger partial charge in [-0.25, -0.2) is 0 Å². The van der Waals surface area contributed by atoms with Gasteiger partial charge in [0, 0.05) is 25.6 Å². The number of rotatable bonds is 0. The number of amides is 1. The van der Waals surface area contributed by atoms with Gasteiger partial charge < -0.3 is 10.6 Å². The molecule has 10 heavy (non-hydrogen) atoms. The summed E-state index contributed by atoms with van der Waals surface area (Å²) in [5.74, 6) is 0.933. The van der Waals surface area contributed by atoms with Crippen LogP contribution in [0.3, 0.4) is 0 Å². The molecule has 2 heterocycles. The smallest absolute Gasteiger partial charge is 0.220 e. The molecular formula is C7H12N2O. The molecule has 0 radical (unpaired) electrons. The van der Waals surface area contributed by atoms with Gasteiger partial charge >= 0.3 is 0 Å². The van der Waals surface area contributed by atoms with Crippen molar-refractivity contribution in [1.82, 2.24) is 10.6 Å². The molecule has 2 saturated heterocycles. The first-order valence-corrected chi connectivity index (χ1v) is 3.86. The zero-order valence-corrected chi connectivity index (χ0v) is 5.89. The topological polar surface area (TPSA) is 41.1 Å². The molecule has 3 nitrogen and oxygen atoms in total. The fourth-order valence-corrected chi connectivity index (χ4v) is 1.80. The molecule has 0 aromatic carbocycles. The highest BCUT2D eigenvalue weighted by molar-refractivity contribution is 5.77. The van der Waals surface area contributed by atoms with E-state index in [9.17, 15) is 4.79 Å². The van der Waals surface area contributed by atoms with Crippen LogP contribution in [0.1, 0.15) is 12.8 Å². The van der Waals surface area contributed by atoms with Crippen LogP contribution in [0.2, 0.25) is 0 Å². The first-order chi connectivity index (χ1) is 4.86. The van der Waals surface area contributed by atoms with Crippen molar-refractivity contribution in [2.45, 2.75) is 18.9 Å². The van der Waals surface area contributed by atoms with E-state index >= 15 is 0 Å². The fraction of sp³-hybridized carbons (Fsp3) is 0.857. The van der Waals surface area contributed by atoms with Crippen LogP contribution in [0.4, 0.5) is 0 Å². The molecule has 3 heteroatoms. The summed E-state index contributed by atoms with van der Waals surface area (Å²) in [7, 11) is 0. The van der Waals surface area contributed by atoms with Crippen LogP contribution in [0.25, 0.3) is 0 Å². The lowest BCUT2D eigenvalue weighted by Gasteiger charge is -2.24. The van der Waals surface area contributed by atoms with Crippen LogP contribution in [-0.2, 0) is 4.79 Å². The standard InChI is InChI=1S/C7H12N2O/c10-7-2-1-5-3-8-4-6(5)9-7/h5-6,8H,1-4H2,(H,9,10)/t5-,6-/m1/s1. The van der Waals surface area contributed by atoms with E-state index in [1.54, 1.807) is 0 Å². The lowest BCUT2D eigenvalue weighted by Crippen LogP contribution is -2.44. The number of hydrogen-bond acceptors (Lipinski definition) is 2. The Kier molecular flexibility index (Phi) is 1.38. The monoisotopic (exact) mass is 140 g/mol. The van der Waals surface area contributed by atoms with E-state index in [4.69, 9.17) is 0 Å². The predicted octanol–water partition coefficient (Wildman–Crippen LogP) is -0.516. The minimum atomic E-state index is 0.227. The van der Waals surface area contributed by atoms with Gasteiger partial charge in [-0.3, -0.25) is 4.79 Å². The van der Waals surface area contributed by atoms with Crippen molar-refractivity contribution in [2.24, 2.45) is 5.92 Å². The van der Waals surface area contributed by atoms with Crippen LogP contribution < -0.4 is 10.6 Å². The SMILES string of the molecule is O=C1CC[C@@H]2CNC[C@H]2N1. The Balaban J connectivity index is 2.03. The summed E-state index contributed by atoms with van der Waals surface area (Å²) in [6, 6.07) is 0.432. The molecule has 2 rings (SSSR count). The van der Waals surface area contributed by atoms with E-state index in [2.05, 4.69) is 10.6 Å². The van der Waals surface area contributed by atoms with Crippen molar-refractivity contribution in [3.63, 3.8) is 0 Å². The molecule has 0 bridgehead atoms. The van der Waals surface area contributed by atoms with E-state index in [0.29, 0.717) is 12.0 Å². The Hall–Kier alpha value is -0.570. The third-order valence-corrected chi connectivity index (χ3v) is 2.43. The largest absolute Gasteiger partial charge is 0.352 e. The average Bonchev–Trinajstić information content (AvgIpc) is 2.33. The Bertz CT molecular complexity index is 158. The average molecular weight is 140 g/mol. The first-order valence-electron chi connectivity index (χ1n) is 3.86. The minimum absolute atomic E-state index is 0.227. The van der Waals surface area contributed by atoms with Gasteiger partial charge in [-0.15, -0.1) is 0 Å². The summed E-state index contributed by atoms with van der Waals surface area (Å²) in [6.07, 6.45) is 1.80. The molecule has 0 aromatic rings. The van der Waals surface area contributed by atoms with Gasteiger partial charge in [0.05, 0.1) is 0 Å². The highest BCUT2D eigenvalue weighted by Crippen LogP contribution is 2.19. The zero-order valence-electron chi connectivity index (χ0n) is 5.89. The fourth-order valence-electron chi connectivity index (χ4n) is 1.80. The number of hydrogen-bond donors (Lipinski definition) is 2. The molecular weight excluding hydrogens is 128 g/mol. The molecule has 2 atom stereocenters. The maximum Gasteiger partial charge on any atom is 0.220 e. The van der Waals surface area contributed by atoms with E-state index in [1.807, 2.05) is 0 Å². The van der Waals surface area contributed by atoms with Gasteiger partial charge in [0.25, 0.3) is 0 Å². The van der Waals surface area contributed by atoms with Gasteiger partial charge in [0.2, 0.25) is 5.91 Å². The van der Waals surface area contributed by atoms with Crippen LogP contribution in [0, 0.1) is 5.92 Å². The Morgan fingerprint density at radius 3 is 3.20 bits per heavy atom. The molecule has 0 aromatic heterocycles. The molecule has 2 N–H and O–H groups in total. The summed E-state index contributed by atoms with van der Waals surface area (Å²) in [5.41, 5.74) is 0. The van der Waals surface area contributed by atoms with Gasteiger partial charge in [0.1, 0.15) is 0 Å². The molecule has 2 fully saturated rings. The van der Waals surface area contributed by atoms with E-state index in [0.717, 1.165) is 25.9 Å². The lowest BCUT2D eigenvalue weighted by atomic mass is 9.94. The van der Waals surface area contributed by atoms with Crippen LogP contribution in [0.5, 0.6) is 0 Å². The highest BCUT2D eigenvalue weighted by Gasteiger charge is 2.31. The molecule has 1 amide bonds. The molecule has 0 aliphatic carbocycles. The van der Waals surface area contributed by atoms with Crippen LogP contribution in [-0.4, -0.2) is 25.0 Å². The predicted molar refractivity (Wildman–Crippen MR) is 37.5 cm³/mol. The summed E-state index contributed by atoms with van der Waals surface area (Å²) in [4.78, 5) is 10.9. The third-order valence-electron chi connectivity index (χ3n) is 2.43. The van der Waals surface area contributed by atoms with Crippen LogP contribution in [0.15, 0.2) is 0 Å². The van der Waals surface area contributed by atoms with Crippen molar-refractivity contribution in [3.05, 3.63) is 0 Å². The number of piperidine rings is 1. The Morgan fingerprint density at radius 2 is 2.30 bits per heavy atom. The summed E-state index contributed by atoms with van der Waals surface area (Å²) in [5, 5.41) is 6.25. The number of carbonyl (C=O) groups is 1. The maximum atomic E-state index is 10.9.